The molecule has 0 N–H and O–H groups in total. The van der Waals surface area contributed by atoms with E-state index in [-0.39, 0.29) is 0 Å². The van der Waals surface area contributed by atoms with Crippen LogP contribution in [0.3, 0.4) is 0 Å². The summed E-state index contributed by atoms with van der Waals surface area (Å²) in [6.45, 7) is 0. The van der Waals surface area contributed by atoms with Crippen LogP contribution in [-0.4, -0.2) is 10.8 Å². The van der Waals surface area contributed by atoms with Crippen molar-refractivity contribution in [2.24, 2.45) is 5.92 Å². The van der Waals surface area contributed by atoms with Gasteiger partial charge in [0.2, 0.25) is 0 Å². The van der Waals surface area contributed by atoms with Crippen molar-refractivity contribution in [1.82, 2.24) is 4.98 Å². The maximum atomic E-state index is 12.1. The molecule has 0 amide bonds. The molecular formula is C16H17NOS. The van der Waals surface area contributed by atoms with E-state index < -0.39 is 0 Å². The maximum Gasteiger partial charge on any atom is 0.142 e. The van der Waals surface area contributed by atoms with E-state index in [0.29, 0.717) is 18.1 Å². The van der Waals surface area contributed by atoms with E-state index in [4.69, 9.17) is 0 Å². The van der Waals surface area contributed by atoms with Crippen LogP contribution in [0, 0.1) is 5.92 Å². The summed E-state index contributed by atoms with van der Waals surface area (Å²) in [4.78, 5) is 16.7. The van der Waals surface area contributed by atoms with Crippen molar-refractivity contribution in [3.8, 4) is 11.3 Å². The van der Waals surface area contributed by atoms with Crippen LogP contribution in [-0.2, 0) is 11.2 Å². The standard InChI is InChI=1S/C16H17NOS/c18-15(13-8-4-5-9-13)10-16-17-14(11-19-16)12-6-2-1-3-7-12/h1-3,6-7,11,13H,4-5,8-10H2. The van der Waals surface area contributed by atoms with E-state index in [1.807, 2.05) is 23.6 Å². The number of benzene rings is 1. The highest BCUT2D eigenvalue weighted by molar-refractivity contribution is 7.10. The zero-order valence-electron chi connectivity index (χ0n) is 10.8. The van der Waals surface area contributed by atoms with Crippen LogP contribution in [0.25, 0.3) is 11.3 Å². The molecule has 0 spiro atoms. The summed E-state index contributed by atoms with van der Waals surface area (Å²) in [5.74, 6) is 0.676. The van der Waals surface area contributed by atoms with Gasteiger partial charge in [0.25, 0.3) is 0 Å². The number of Topliss-reactive ketones (excluding diaryl/α,β-unsaturated/α-hetero) is 1. The molecule has 0 saturated heterocycles. The monoisotopic (exact) mass is 271 g/mol. The molecule has 1 fully saturated rings. The van der Waals surface area contributed by atoms with E-state index >= 15 is 0 Å². The predicted octanol–water partition coefficient (Wildman–Crippen LogP) is 4.11. The minimum Gasteiger partial charge on any atom is -0.299 e. The Labute approximate surface area is 117 Å². The van der Waals surface area contributed by atoms with Gasteiger partial charge in [0.1, 0.15) is 10.8 Å². The third-order valence-electron chi connectivity index (χ3n) is 3.76. The summed E-state index contributed by atoms with van der Waals surface area (Å²) in [6, 6.07) is 10.1. The predicted molar refractivity (Wildman–Crippen MR) is 78.2 cm³/mol. The Kier molecular flexibility index (Phi) is 3.74. The molecule has 3 rings (SSSR count). The lowest BCUT2D eigenvalue weighted by molar-refractivity contribution is -0.122. The lowest BCUT2D eigenvalue weighted by Crippen LogP contribution is -2.13. The molecule has 0 aliphatic heterocycles. The summed E-state index contributed by atoms with van der Waals surface area (Å²) in [5.41, 5.74) is 2.11. The van der Waals surface area contributed by atoms with Gasteiger partial charge in [0.05, 0.1) is 12.1 Å². The highest BCUT2D eigenvalue weighted by Gasteiger charge is 2.23. The average molecular weight is 271 g/mol. The molecule has 0 unspecified atom stereocenters. The first-order valence-electron chi connectivity index (χ1n) is 6.85. The minimum absolute atomic E-state index is 0.295. The third-order valence-corrected chi connectivity index (χ3v) is 4.61. The minimum atomic E-state index is 0.295. The summed E-state index contributed by atoms with van der Waals surface area (Å²) in [5, 5.41) is 3.00. The fraction of sp³-hybridized carbons (Fsp3) is 0.375. The summed E-state index contributed by atoms with van der Waals surface area (Å²) in [7, 11) is 0. The molecule has 2 aromatic rings. The van der Waals surface area contributed by atoms with Crippen LogP contribution < -0.4 is 0 Å². The zero-order chi connectivity index (χ0) is 13.1. The topological polar surface area (TPSA) is 30.0 Å². The molecule has 0 radical (unpaired) electrons. The second-order valence-corrected chi connectivity index (χ2v) is 6.06. The quantitative estimate of drug-likeness (QED) is 0.837. The lowest BCUT2D eigenvalue weighted by Gasteiger charge is -2.05. The Morgan fingerprint density at radius 3 is 2.68 bits per heavy atom. The summed E-state index contributed by atoms with van der Waals surface area (Å²) >= 11 is 1.60. The molecule has 0 bridgehead atoms. The summed E-state index contributed by atoms with van der Waals surface area (Å²) < 4.78 is 0. The van der Waals surface area contributed by atoms with Gasteiger partial charge in [0.15, 0.2) is 0 Å². The molecule has 3 heteroatoms. The molecule has 1 aliphatic rings. The highest BCUT2D eigenvalue weighted by atomic mass is 32.1. The molecule has 1 heterocycles. The van der Waals surface area contributed by atoms with Crippen LogP contribution in [0.5, 0.6) is 0 Å². The number of carbonyl (C=O) groups is 1. The average Bonchev–Trinajstić information content (AvgIpc) is 3.11. The Morgan fingerprint density at radius 1 is 1.21 bits per heavy atom. The van der Waals surface area contributed by atoms with Gasteiger partial charge in [-0.25, -0.2) is 4.98 Å². The first kappa shape index (κ1) is 12.5. The van der Waals surface area contributed by atoms with Gasteiger partial charge in [-0.15, -0.1) is 11.3 Å². The van der Waals surface area contributed by atoms with Gasteiger partial charge in [-0.1, -0.05) is 43.2 Å². The largest absolute Gasteiger partial charge is 0.299 e. The fourth-order valence-electron chi connectivity index (χ4n) is 2.67. The third kappa shape index (κ3) is 2.92. The number of aromatic nitrogens is 1. The Hall–Kier alpha value is -1.48. The van der Waals surface area contributed by atoms with Gasteiger partial charge in [0, 0.05) is 16.9 Å². The molecular weight excluding hydrogens is 254 g/mol. The second kappa shape index (κ2) is 5.66. The van der Waals surface area contributed by atoms with E-state index in [0.717, 1.165) is 29.1 Å². The van der Waals surface area contributed by atoms with Crippen molar-refractivity contribution in [3.05, 3.63) is 40.7 Å². The lowest BCUT2D eigenvalue weighted by atomic mass is 10.0. The van der Waals surface area contributed by atoms with Crippen LogP contribution in [0.1, 0.15) is 30.7 Å². The van der Waals surface area contributed by atoms with E-state index in [2.05, 4.69) is 17.1 Å². The van der Waals surface area contributed by atoms with E-state index in [1.54, 1.807) is 11.3 Å². The molecule has 2 nitrogen and oxygen atoms in total. The highest BCUT2D eigenvalue weighted by Crippen LogP contribution is 2.28. The molecule has 1 saturated carbocycles. The van der Waals surface area contributed by atoms with Gasteiger partial charge in [-0.2, -0.15) is 0 Å². The van der Waals surface area contributed by atoms with Crippen molar-refractivity contribution < 1.29 is 4.79 Å². The second-order valence-electron chi connectivity index (χ2n) is 5.12. The van der Waals surface area contributed by atoms with Crippen LogP contribution in [0.2, 0.25) is 0 Å². The number of carbonyl (C=O) groups excluding carboxylic acids is 1. The molecule has 1 aliphatic carbocycles. The number of nitrogens with zero attached hydrogens (tertiary/aromatic N) is 1. The van der Waals surface area contributed by atoms with Crippen molar-refractivity contribution in [1.29, 1.82) is 0 Å². The number of rotatable bonds is 4. The molecule has 1 aromatic carbocycles. The normalized spacial score (nSPS) is 15.8. The van der Waals surface area contributed by atoms with Crippen molar-refractivity contribution >= 4 is 17.1 Å². The smallest absolute Gasteiger partial charge is 0.142 e. The zero-order valence-corrected chi connectivity index (χ0v) is 11.7. The van der Waals surface area contributed by atoms with Gasteiger partial charge in [-0.3, -0.25) is 4.79 Å². The fourth-order valence-corrected chi connectivity index (χ4v) is 3.49. The van der Waals surface area contributed by atoms with E-state index in [1.165, 1.54) is 12.8 Å². The summed E-state index contributed by atoms with van der Waals surface area (Å²) in [6.07, 6.45) is 5.10. The molecule has 19 heavy (non-hydrogen) atoms. The van der Waals surface area contributed by atoms with Crippen molar-refractivity contribution in [3.63, 3.8) is 0 Å². The van der Waals surface area contributed by atoms with Gasteiger partial charge < -0.3 is 0 Å². The molecule has 0 atom stereocenters. The number of hydrogen-bond acceptors (Lipinski definition) is 3. The van der Waals surface area contributed by atoms with Crippen molar-refractivity contribution in [2.75, 3.05) is 0 Å². The number of thiazole rings is 1. The van der Waals surface area contributed by atoms with Gasteiger partial charge in [-0.05, 0) is 12.8 Å². The van der Waals surface area contributed by atoms with Crippen LogP contribution >= 0.6 is 11.3 Å². The van der Waals surface area contributed by atoms with Crippen LogP contribution in [0.15, 0.2) is 35.7 Å². The Bertz CT molecular complexity index is 555. The number of ketones is 1. The number of hydrogen-bond donors (Lipinski definition) is 0. The Morgan fingerprint density at radius 2 is 1.95 bits per heavy atom. The maximum absolute atomic E-state index is 12.1. The first-order valence-corrected chi connectivity index (χ1v) is 7.73. The van der Waals surface area contributed by atoms with E-state index in [9.17, 15) is 4.79 Å². The molecule has 1 aromatic heterocycles. The van der Waals surface area contributed by atoms with Gasteiger partial charge >= 0.3 is 0 Å². The first-order chi connectivity index (χ1) is 9.33. The SMILES string of the molecule is O=C(Cc1nc(-c2ccccc2)cs1)C1CCCC1. The molecule has 98 valence electrons. The van der Waals surface area contributed by atoms with Crippen LogP contribution in [0.4, 0.5) is 0 Å². The Balaban J connectivity index is 1.70. The van der Waals surface area contributed by atoms with Crippen molar-refractivity contribution in [2.45, 2.75) is 32.1 Å².